The molecular formula is C12H10BrFN2O. The van der Waals surface area contributed by atoms with Crippen LogP contribution in [0.4, 0.5) is 4.39 Å². The fourth-order valence-electron chi connectivity index (χ4n) is 1.55. The molecule has 2 aromatic rings. The molecule has 0 amide bonds. The molecule has 1 aromatic heterocycles. The van der Waals surface area contributed by atoms with Gasteiger partial charge < -0.3 is 4.57 Å². The molecule has 0 aliphatic heterocycles. The predicted molar refractivity (Wildman–Crippen MR) is 65.3 cm³/mol. The summed E-state index contributed by atoms with van der Waals surface area (Å²) >= 11 is 3.19. The van der Waals surface area contributed by atoms with Crippen LogP contribution < -0.4 is 0 Å². The number of aromatic nitrogens is 2. The summed E-state index contributed by atoms with van der Waals surface area (Å²) in [5.74, 6) is -0.480. The average molecular weight is 297 g/mol. The van der Waals surface area contributed by atoms with Crippen LogP contribution in [0.2, 0.25) is 0 Å². The first-order chi connectivity index (χ1) is 8.04. The molecule has 1 heterocycles. The van der Waals surface area contributed by atoms with Crippen LogP contribution in [-0.4, -0.2) is 15.3 Å². The van der Waals surface area contributed by atoms with Gasteiger partial charge in [-0.25, -0.2) is 9.37 Å². The molecule has 3 nitrogen and oxygen atoms in total. The Kier molecular flexibility index (Phi) is 3.38. The molecule has 0 bridgehead atoms. The number of Topliss-reactive ketones (excluding diaryl/α,β-unsaturated/α-hetero) is 1. The van der Waals surface area contributed by atoms with Crippen molar-refractivity contribution in [3.8, 4) is 0 Å². The van der Waals surface area contributed by atoms with E-state index >= 15 is 0 Å². The van der Waals surface area contributed by atoms with Gasteiger partial charge in [0.15, 0.2) is 5.78 Å². The molecule has 0 aliphatic carbocycles. The Morgan fingerprint density at radius 2 is 2.24 bits per heavy atom. The number of hydrogen-bond donors (Lipinski definition) is 0. The maximum atomic E-state index is 13.1. The van der Waals surface area contributed by atoms with E-state index in [0.717, 1.165) is 0 Å². The zero-order valence-electron chi connectivity index (χ0n) is 9.15. The number of hydrogen-bond acceptors (Lipinski definition) is 2. The number of aryl methyl sites for hydroxylation is 1. The van der Waals surface area contributed by atoms with E-state index in [1.807, 2.05) is 0 Å². The molecule has 0 unspecified atom stereocenters. The molecule has 0 radical (unpaired) electrons. The highest BCUT2D eigenvalue weighted by Crippen LogP contribution is 2.16. The lowest BCUT2D eigenvalue weighted by atomic mass is 10.1. The van der Waals surface area contributed by atoms with Gasteiger partial charge in [-0.1, -0.05) is 15.9 Å². The van der Waals surface area contributed by atoms with Crippen molar-refractivity contribution in [2.75, 3.05) is 0 Å². The third-order valence-corrected chi connectivity index (χ3v) is 2.74. The maximum Gasteiger partial charge on any atom is 0.187 e. The molecular weight excluding hydrogens is 287 g/mol. The first-order valence-corrected chi connectivity index (χ1v) is 5.80. The third kappa shape index (κ3) is 3.00. The van der Waals surface area contributed by atoms with Gasteiger partial charge in [-0.05, 0) is 23.8 Å². The van der Waals surface area contributed by atoms with Crippen LogP contribution >= 0.6 is 15.9 Å². The number of carbonyl (C=O) groups is 1. The number of imidazole rings is 1. The summed E-state index contributed by atoms with van der Waals surface area (Å²) in [7, 11) is 1.79. The molecule has 0 atom stereocenters. The van der Waals surface area contributed by atoms with Gasteiger partial charge >= 0.3 is 0 Å². The average Bonchev–Trinajstić information content (AvgIpc) is 2.63. The van der Waals surface area contributed by atoms with E-state index < -0.39 is 0 Å². The van der Waals surface area contributed by atoms with Crippen molar-refractivity contribution in [1.82, 2.24) is 9.55 Å². The summed E-state index contributed by atoms with van der Waals surface area (Å²) < 4.78 is 15.5. The van der Waals surface area contributed by atoms with E-state index in [-0.39, 0.29) is 18.0 Å². The second-order valence-electron chi connectivity index (χ2n) is 3.80. The fraction of sp³-hybridized carbons (Fsp3) is 0.167. The molecule has 2 rings (SSSR count). The Labute approximate surface area is 106 Å². The van der Waals surface area contributed by atoms with Gasteiger partial charge in [0.1, 0.15) is 11.5 Å². The summed E-state index contributed by atoms with van der Waals surface area (Å²) in [5, 5.41) is 0. The molecule has 0 N–H and O–H groups in total. The Bertz CT molecular complexity index is 545. The largest absolute Gasteiger partial charge is 0.340 e. The number of carbonyl (C=O) groups excluding carboxylic acids is 1. The summed E-state index contributed by atoms with van der Waals surface area (Å²) in [6.07, 6.45) is 3.36. The first-order valence-electron chi connectivity index (χ1n) is 5.01. The van der Waals surface area contributed by atoms with Crippen LogP contribution in [-0.2, 0) is 13.5 Å². The Hall–Kier alpha value is -1.49. The van der Waals surface area contributed by atoms with Gasteiger partial charge in [-0.15, -0.1) is 0 Å². The number of rotatable bonds is 3. The smallest absolute Gasteiger partial charge is 0.187 e. The summed E-state index contributed by atoms with van der Waals surface area (Å²) in [4.78, 5) is 15.8. The van der Waals surface area contributed by atoms with Crippen molar-refractivity contribution in [1.29, 1.82) is 0 Å². The minimum Gasteiger partial charge on any atom is -0.340 e. The van der Waals surface area contributed by atoms with E-state index in [4.69, 9.17) is 0 Å². The van der Waals surface area contributed by atoms with Gasteiger partial charge in [0.25, 0.3) is 0 Å². The first kappa shape index (κ1) is 12.0. The lowest BCUT2D eigenvalue weighted by molar-refractivity contribution is 0.0988. The third-order valence-electron chi connectivity index (χ3n) is 2.28. The van der Waals surface area contributed by atoms with Crippen molar-refractivity contribution in [2.45, 2.75) is 6.42 Å². The highest BCUT2D eigenvalue weighted by atomic mass is 79.9. The lowest BCUT2D eigenvalue weighted by Crippen LogP contribution is -2.04. The molecule has 0 fully saturated rings. The van der Waals surface area contributed by atoms with Crippen LogP contribution in [0, 0.1) is 5.82 Å². The zero-order valence-corrected chi connectivity index (χ0v) is 10.7. The second-order valence-corrected chi connectivity index (χ2v) is 4.72. The zero-order chi connectivity index (χ0) is 12.4. The van der Waals surface area contributed by atoms with Gasteiger partial charge in [-0.2, -0.15) is 0 Å². The number of nitrogens with zero attached hydrogens (tertiary/aromatic N) is 2. The normalized spacial score (nSPS) is 10.5. The van der Waals surface area contributed by atoms with Crippen LogP contribution in [0.3, 0.4) is 0 Å². The van der Waals surface area contributed by atoms with E-state index in [0.29, 0.717) is 15.7 Å². The molecule has 0 aliphatic rings. The molecule has 0 saturated carbocycles. The SMILES string of the molecule is Cn1cnc(C(=O)Cc2cc(F)cc(Br)c2)c1. The summed E-state index contributed by atoms with van der Waals surface area (Å²) in [6.45, 7) is 0. The highest BCUT2D eigenvalue weighted by Gasteiger charge is 2.10. The molecule has 88 valence electrons. The number of halogens is 2. The van der Waals surface area contributed by atoms with E-state index in [9.17, 15) is 9.18 Å². The minimum absolute atomic E-state index is 0.122. The summed E-state index contributed by atoms with van der Waals surface area (Å²) in [6, 6.07) is 4.43. The molecule has 5 heteroatoms. The van der Waals surface area contributed by atoms with E-state index in [2.05, 4.69) is 20.9 Å². The molecule has 17 heavy (non-hydrogen) atoms. The quantitative estimate of drug-likeness (QED) is 0.817. The van der Waals surface area contributed by atoms with Crippen LogP contribution in [0.5, 0.6) is 0 Å². The van der Waals surface area contributed by atoms with Crippen LogP contribution in [0.1, 0.15) is 16.1 Å². The topological polar surface area (TPSA) is 34.9 Å². The van der Waals surface area contributed by atoms with Gasteiger partial charge in [0.05, 0.1) is 6.33 Å². The van der Waals surface area contributed by atoms with Crippen LogP contribution in [0.25, 0.3) is 0 Å². The van der Waals surface area contributed by atoms with Crippen molar-refractivity contribution in [3.05, 3.63) is 52.3 Å². The van der Waals surface area contributed by atoms with Crippen molar-refractivity contribution in [2.24, 2.45) is 7.05 Å². The van der Waals surface area contributed by atoms with Crippen molar-refractivity contribution >= 4 is 21.7 Å². The Morgan fingerprint density at radius 1 is 1.47 bits per heavy atom. The van der Waals surface area contributed by atoms with Gasteiger partial charge in [0, 0.05) is 24.1 Å². The van der Waals surface area contributed by atoms with Crippen LogP contribution in [0.15, 0.2) is 35.2 Å². The Morgan fingerprint density at radius 3 is 2.82 bits per heavy atom. The second kappa shape index (κ2) is 4.79. The van der Waals surface area contributed by atoms with Crippen molar-refractivity contribution in [3.63, 3.8) is 0 Å². The molecule has 0 spiro atoms. The van der Waals surface area contributed by atoms with Gasteiger partial charge in [0.2, 0.25) is 0 Å². The summed E-state index contributed by atoms with van der Waals surface area (Å²) in [5.41, 5.74) is 1.03. The minimum atomic E-state index is -0.358. The molecule has 0 saturated heterocycles. The molecule has 1 aromatic carbocycles. The van der Waals surface area contributed by atoms with Crippen molar-refractivity contribution < 1.29 is 9.18 Å². The lowest BCUT2D eigenvalue weighted by Gasteiger charge is -2.00. The fourth-order valence-corrected chi connectivity index (χ4v) is 2.06. The van der Waals surface area contributed by atoms with E-state index in [1.165, 1.54) is 12.1 Å². The Balaban J connectivity index is 2.18. The standard InChI is InChI=1S/C12H10BrFN2O/c1-16-6-11(15-7-16)12(17)4-8-2-9(13)5-10(14)3-8/h2-3,5-7H,4H2,1H3. The number of benzene rings is 1. The predicted octanol–water partition coefficient (Wildman–Crippen LogP) is 2.75. The number of ketones is 1. The highest BCUT2D eigenvalue weighted by molar-refractivity contribution is 9.10. The van der Waals surface area contributed by atoms with Gasteiger partial charge in [-0.3, -0.25) is 4.79 Å². The monoisotopic (exact) mass is 296 g/mol. The maximum absolute atomic E-state index is 13.1. The van der Waals surface area contributed by atoms with E-state index in [1.54, 1.807) is 30.2 Å².